The average molecular weight is 409 g/mol. The fraction of sp³-hybridized carbons (Fsp3) is 0.217. The van der Waals surface area contributed by atoms with Crippen molar-refractivity contribution in [3.8, 4) is 0 Å². The summed E-state index contributed by atoms with van der Waals surface area (Å²) in [7, 11) is 0. The second-order valence-electron chi connectivity index (χ2n) is 7.30. The first-order valence-corrected chi connectivity index (χ1v) is 9.75. The number of rotatable bonds is 5. The topological polar surface area (TPSA) is 49.6 Å². The Labute approximate surface area is 173 Å². The standard InChI is InChI=1S/C23H21F2N3O2/c24-19-5-1-17(2-6-19)23(18-3-7-20(25)8-4-18)27-15-13-26(14-16-27)21-9-11-22(12-10-21)28(29)30/h1-12,23H,13-16H2. The third-order valence-electron chi connectivity index (χ3n) is 5.48. The van der Waals surface area contributed by atoms with Gasteiger partial charge in [0.15, 0.2) is 0 Å². The molecule has 30 heavy (non-hydrogen) atoms. The van der Waals surface area contributed by atoms with E-state index < -0.39 is 4.92 Å². The lowest BCUT2D eigenvalue weighted by atomic mass is 9.96. The molecule has 0 saturated carbocycles. The first kappa shape index (κ1) is 20.0. The molecule has 0 atom stereocenters. The van der Waals surface area contributed by atoms with Crippen molar-refractivity contribution >= 4 is 11.4 Å². The molecule has 0 radical (unpaired) electrons. The Kier molecular flexibility index (Phi) is 5.72. The Hall–Kier alpha value is -3.32. The third-order valence-corrected chi connectivity index (χ3v) is 5.48. The number of anilines is 1. The van der Waals surface area contributed by atoms with E-state index in [2.05, 4.69) is 9.80 Å². The molecule has 0 bridgehead atoms. The fourth-order valence-electron chi connectivity index (χ4n) is 3.93. The average Bonchev–Trinajstić information content (AvgIpc) is 2.77. The van der Waals surface area contributed by atoms with Crippen LogP contribution in [0.15, 0.2) is 72.8 Å². The minimum atomic E-state index is -0.405. The van der Waals surface area contributed by atoms with E-state index in [1.807, 2.05) is 0 Å². The lowest BCUT2D eigenvalue weighted by molar-refractivity contribution is -0.384. The number of benzene rings is 3. The van der Waals surface area contributed by atoms with Gasteiger partial charge in [-0.25, -0.2) is 8.78 Å². The van der Waals surface area contributed by atoms with Crippen molar-refractivity contribution in [2.45, 2.75) is 6.04 Å². The minimum Gasteiger partial charge on any atom is -0.369 e. The molecule has 0 aromatic heterocycles. The summed E-state index contributed by atoms with van der Waals surface area (Å²) < 4.78 is 26.9. The van der Waals surface area contributed by atoms with E-state index in [-0.39, 0.29) is 23.4 Å². The van der Waals surface area contributed by atoms with Crippen molar-refractivity contribution < 1.29 is 13.7 Å². The molecule has 0 aliphatic carbocycles. The number of hydrogen-bond donors (Lipinski definition) is 0. The van der Waals surface area contributed by atoms with Crippen molar-refractivity contribution in [1.82, 2.24) is 4.90 Å². The molecule has 7 heteroatoms. The van der Waals surface area contributed by atoms with Crippen molar-refractivity contribution in [2.24, 2.45) is 0 Å². The SMILES string of the molecule is O=[N+]([O-])c1ccc(N2CCN(C(c3ccc(F)cc3)c3ccc(F)cc3)CC2)cc1. The van der Waals surface area contributed by atoms with Crippen LogP contribution >= 0.6 is 0 Å². The predicted molar refractivity (Wildman–Crippen MR) is 112 cm³/mol. The number of nitro benzene ring substituents is 1. The molecule has 0 spiro atoms. The van der Waals surface area contributed by atoms with E-state index in [9.17, 15) is 18.9 Å². The van der Waals surface area contributed by atoms with E-state index in [1.54, 1.807) is 36.4 Å². The second kappa shape index (κ2) is 8.59. The lowest BCUT2D eigenvalue weighted by Crippen LogP contribution is -2.48. The van der Waals surface area contributed by atoms with Crippen LogP contribution in [0, 0.1) is 21.7 Å². The molecule has 1 heterocycles. The summed E-state index contributed by atoms with van der Waals surface area (Å²) in [4.78, 5) is 14.9. The third kappa shape index (κ3) is 4.31. The minimum absolute atomic E-state index is 0.0741. The molecular weight excluding hydrogens is 388 g/mol. The van der Waals surface area contributed by atoms with Crippen LogP contribution in [0.4, 0.5) is 20.2 Å². The molecule has 1 aliphatic heterocycles. The quantitative estimate of drug-likeness (QED) is 0.449. The summed E-state index contributed by atoms with van der Waals surface area (Å²) in [5.74, 6) is -0.584. The lowest BCUT2D eigenvalue weighted by Gasteiger charge is -2.40. The van der Waals surface area contributed by atoms with Crippen LogP contribution in [-0.2, 0) is 0 Å². The highest BCUT2D eigenvalue weighted by atomic mass is 19.1. The molecule has 154 valence electrons. The summed E-state index contributed by atoms with van der Waals surface area (Å²) in [6.45, 7) is 2.99. The zero-order valence-electron chi connectivity index (χ0n) is 16.2. The monoisotopic (exact) mass is 409 g/mol. The maximum atomic E-state index is 13.5. The maximum absolute atomic E-state index is 13.5. The fourth-order valence-corrected chi connectivity index (χ4v) is 3.93. The van der Waals surface area contributed by atoms with Crippen LogP contribution in [0.3, 0.4) is 0 Å². The molecule has 1 fully saturated rings. The molecule has 0 amide bonds. The highest BCUT2D eigenvalue weighted by Crippen LogP contribution is 2.31. The van der Waals surface area contributed by atoms with Crippen LogP contribution < -0.4 is 4.90 Å². The summed E-state index contributed by atoms with van der Waals surface area (Å²) in [5.41, 5.74) is 2.92. The van der Waals surface area contributed by atoms with E-state index in [4.69, 9.17) is 0 Å². The first-order chi connectivity index (χ1) is 14.5. The number of nitro groups is 1. The van der Waals surface area contributed by atoms with Gasteiger partial charge in [-0.2, -0.15) is 0 Å². The molecule has 0 unspecified atom stereocenters. The molecule has 3 aromatic carbocycles. The molecule has 1 aliphatic rings. The Balaban J connectivity index is 1.53. The zero-order chi connectivity index (χ0) is 21.1. The van der Waals surface area contributed by atoms with Gasteiger partial charge in [0.1, 0.15) is 11.6 Å². The van der Waals surface area contributed by atoms with Crippen LogP contribution in [0.1, 0.15) is 17.2 Å². The summed E-state index contributed by atoms with van der Waals surface area (Å²) in [5, 5.41) is 10.9. The summed E-state index contributed by atoms with van der Waals surface area (Å²) in [6, 6.07) is 19.3. The number of piperazine rings is 1. The highest BCUT2D eigenvalue weighted by molar-refractivity contribution is 5.51. The molecule has 1 saturated heterocycles. The largest absolute Gasteiger partial charge is 0.369 e. The predicted octanol–water partition coefficient (Wildman–Crippen LogP) is 4.78. The Morgan fingerprint density at radius 3 is 1.63 bits per heavy atom. The van der Waals surface area contributed by atoms with E-state index in [1.165, 1.54) is 36.4 Å². The van der Waals surface area contributed by atoms with Gasteiger partial charge in [-0.15, -0.1) is 0 Å². The number of hydrogen-bond acceptors (Lipinski definition) is 4. The van der Waals surface area contributed by atoms with Crippen LogP contribution in [0.5, 0.6) is 0 Å². The van der Waals surface area contributed by atoms with Crippen molar-refractivity contribution in [3.63, 3.8) is 0 Å². The second-order valence-corrected chi connectivity index (χ2v) is 7.30. The van der Waals surface area contributed by atoms with E-state index in [0.717, 1.165) is 43.0 Å². The Morgan fingerprint density at radius 1 is 0.733 bits per heavy atom. The number of halogens is 2. The van der Waals surface area contributed by atoms with Crippen LogP contribution in [-0.4, -0.2) is 36.0 Å². The molecule has 3 aromatic rings. The molecule has 0 N–H and O–H groups in total. The Morgan fingerprint density at radius 2 is 1.20 bits per heavy atom. The number of nitrogens with zero attached hydrogens (tertiary/aromatic N) is 3. The molecular formula is C23H21F2N3O2. The van der Waals surface area contributed by atoms with Crippen molar-refractivity contribution in [1.29, 1.82) is 0 Å². The van der Waals surface area contributed by atoms with Gasteiger partial charge in [-0.05, 0) is 47.5 Å². The van der Waals surface area contributed by atoms with Crippen molar-refractivity contribution in [2.75, 3.05) is 31.1 Å². The molecule has 4 rings (SSSR count). The van der Waals surface area contributed by atoms with Crippen LogP contribution in [0.25, 0.3) is 0 Å². The van der Waals surface area contributed by atoms with Gasteiger partial charge in [0, 0.05) is 44.0 Å². The highest BCUT2D eigenvalue weighted by Gasteiger charge is 2.27. The van der Waals surface area contributed by atoms with Gasteiger partial charge >= 0.3 is 0 Å². The van der Waals surface area contributed by atoms with Gasteiger partial charge in [0.05, 0.1) is 11.0 Å². The summed E-state index contributed by atoms with van der Waals surface area (Å²) in [6.07, 6.45) is 0. The zero-order valence-corrected chi connectivity index (χ0v) is 16.2. The number of non-ortho nitro benzene ring substituents is 1. The normalized spacial score (nSPS) is 14.8. The van der Waals surface area contributed by atoms with E-state index >= 15 is 0 Å². The van der Waals surface area contributed by atoms with Gasteiger partial charge in [-0.3, -0.25) is 15.0 Å². The molecule has 5 nitrogen and oxygen atoms in total. The van der Waals surface area contributed by atoms with Crippen LogP contribution in [0.2, 0.25) is 0 Å². The maximum Gasteiger partial charge on any atom is 0.269 e. The van der Waals surface area contributed by atoms with Crippen molar-refractivity contribution in [3.05, 3.63) is 106 Å². The van der Waals surface area contributed by atoms with Gasteiger partial charge in [0.25, 0.3) is 5.69 Å². The van der Waals surface area contributed by atoms with E-state index in [0.29, 0.717) is 0 Å². The summed E-state index contributed by atoms with van der Waals surface area (Å²) >= 11 is 0. The van der Waals surface area contributed by atoms with Gasteiger partial charge in [-0.1, -0.05) is 24.3 Å². The first-order valence-electron chi connectivity index (χ1n) is 9.75. The van der Waals surface area contributed by atoms with Gasteiger partial charge < -0.3 is 4.90 Å². The smallest absolute Gasteiger partial charge is 0.269 e. The Bertz CT molecular complexity index is 955. The van der Waals surface area contributed by atoms with Gasteiger partial charge in [0.2, 0.25) is 0 Å².